The minimum atomic E-state index is -4.52. The smallest absolute Gasteiger partial charge is 0.380 e. The quantitative estimate of drug-likeness (QED) is 0.538. The van der Waals surface area contributed by atoms with Gasteiger partial charge in [0, 0.05) is 5.41 Å². The van der Waals surface area contributed by atoms with E-state index in [2.05, 4.69) is 19.9 Å². The number of allylic oxidation sites excluding steroid dienone is 2. The number of hydrogen-bond acceptors (Lipinski definition) is 1. The molecule has 0 aliphatic heterocycles. The Labute approximate surface area is 149 Å². The molecule has 3 fully saturated rings. The molecular weight excluding hydrogens is 325 g/mol. The van der Waals surface area contributed by atoms with E-state index in [4.69, 9.17) is 0 Å². The van der Waals surface area contributed by atoms with Crippen molar-refractivity contribution in [3.63, 3.8) is 0 Å². The van der Waals surface area contributed by atoms with E-state index in [0.717, 1.165) is 32.1 Å². The maximum Gasteiger partial charge on any atom is 0.417 e. The third kappa shape index (κ3) is 2.18. The van der Waals surface area contributed by atoms with Crippen molar-refractivity contribution in [2.75, 3.05) is 0 Å². The summed E-state index contributed by atoms with van der Waals surface area (Å²) in [5, 5.41) is 10.7. The fourth-order valence-electron chi connectivity index (χ4n) is 7.70. The molecule has 0 saturated heterocycles. The number of fused-ring (bicyclic) bond motifs is 5. The van der Waals surface area contributed by atoms with Crippen LogP contribution in [-0.2, 0) is 0 Å². The normalized spacial score (nSPS) is 52.8. The lowest BCUT2D eigenvalue weighted by molar-refractivity contribution is -0.304. The first-order chi connectivity index (χ1) is 11.5. The Balaban J connectivity index is 1.68. The highest BCUT2D eigenvalue weighted by Crippen LogP contribution is 2.70. The van der Waals surface area contributed by atoms with Gasteiger partial charge in [0.05, 0.1) is 0 Å². The first-order valence-corrected chi connectivity index (χ1v) is 9.98. The van der Waals surface area contributed by atoms with E-state index in [1.807, 2.05) is 0 Å². The molecule has 0 aromatic rings. The maximum absolute atomic E-state index is 13.7. The van der Waals surface area contributed by atoms with Gasteiger partial charge in [-0.15, -0.1) is 0 Å². The summed E-state index contributed by atoms with van der Waals surface area (Å²) in [6, 6.07) is 0. The van der Waals surface area contributed by atoms with Crippen LogP contribution in [-0.4, -0.2) is 16.9 Å². The van der Waals surface area contributed by atoms with Crippen LogP contribution < -0.4 is 0 Å². The SMILES string of the molecule is CC1=CC[C@@H]2CC[C@@H]3[C@H](CC[C@@]4(C)[C@H]3CC[C@@]4(O)C(F)(F)F)[C@@]2(C)C1. The molecule has 1 nitrogen and oxygen atoms in total. The van der Waals surface area contributed by atoms with E-state index in [0.29, 0.717) is 30.6 Å². The zero-order chi connectivity index (χ0) is 18.3. The molecule has 0 unspecified atom stereocenters. The molecule has 0 radical (unpaired) electrons. The van der Waals surface area contributed by atoms with Crippen LogP contribution in [0.5, 0.6) is 0 Å². The van der Waals surface area contributed by atoms with Crippen molar-refractivity contribution in [2.45, 2.75) is 83.9 Å². The summed E-state index contributed by atoms with van der Waals surface area (Å²) < 4.78 is 41.2. The molecule has 7 atom stereocenters. The minimum absolute atomic E-state index is 0.0156. The summed E-state index contributed by atoms with van der Waals surface area (Å²) in [5.41, 5.74) is -1.81. The van der Waals surface area contributed by atoms with Crippen molar-refractivity contribution in [1.82, 2.24) is 0 Å². The lowest BCUT2D eigenvalue weighted by Crippen LogP contribution is -2.60. The van der Waals surface area contributed by atoms with E-state index >= 15 is 0 Å². The molecule has 1 N–H and O–H groups in total. The maximum atomic E-state index is 13.7. The van der Waals surface area contributed by atoms with Crippen LogP contribution >= 0.6 is 0 Å². The average Bonchev–Trinajstić information content (AvgIpc) is 2.79. The van der Waals surface area contributed by atoms with Crippen LogP contribution in [0.15, 0.2) is 11.6 Å². The van der Waals surface area contributed by atoms with Gasteiger partial charge in [0.15, 0.2) is 5.60 Å². The average molecular weight is 356 g/mol. The molecule has 142 valence electrons. The van der Waals surface area contributed by atoms with E-state index in [9.17, 15) is 18.3 Å². The van der Waals surface area contributed by atoms with Crippen molar-refractivity contribution in [3.8, 4) is 0 Å². The lowest BCUT2D eigenvalue weighted by Gasteiger charge is -2.61. The molecular formula is C21H31F3O. The van der Waals surface area contributed by atoms with E-state index in [1.165, 1.54) is 5.57 Å². The number of rotatable bonds is 0. The molecule has 4 heteroatoms. The number of hydrogen-bond donors (Lipinski definition) is 1. The number of alkyl halides is 3. The van der Waals surface area contributed by atoms with Crippen LogP contribution in [0.25, 0.3) is 0 Å². The van der Waals surface area contributed by atoms with Gasteiger partial charge in [0.1, 0.15) is 0 Å². The monoisotopic (exact) mass is 356 g/mol. The second-order valence-corrected chi connectivity index (χ2v) is 9.97. The first kappa shape index (κ1) is 17.9. The lowest BCUT2D eigenvalue weighted by atomic mass is 9.44. The summed E-state index contributed by atoms with van der Waals surface area (Å²) in [6.45, 7) is 6.34. The largest absolute Gasteiger partial charge is 0.417 e. The van der Waals surface area contributed by atoms with Gasteiger partial charge in [0.2, 0.25) is 0 Å². The Kier molecular flexibility index (Phi) is 3.77. The number of halogens is 3. The van der Waals surface area contributed by atoms with E-state index < -0.39 is 17.2 Å². The summed E-state index contributed by atoms with van der Waals surface area (Å²) in [4.78, 5) is 0. The van der Waals surface area contributed by atoms with Crippen molar-refractivity contribution in [1.29, 1.82) is 0 Å². The third-order valence-corrected chi connectivity index (χ3v) is 9.10. The molecule has 3 saturated carbocycles. The molecule has 0 heterocycles. The minimum Gasteiger partial charge on any atom is -0.380 e. The summed E-state index contributed by atoms with van der Waals surface area (Å²) >= 11 is 0. The van der Waals surface area contributed by atoms with Crippen LogP contribution in [0, 0.1) is 34.5 Å². The highest BCUT2D eigenvalue weighted by molar-refractivity contribution is 5.19. The van der Waals surface area contributed by atoms with Crippen molar-refractivity contribution in [3.05, 3.63) is 11.6 Å². The molecule has 0 aromatic carbocycles. The Morgan fingerprint density at radius 3 is 2.40 bits per heavy atom. The van der Waals surface area contributed by atoms with Crippen molar-refractivity contribution < 1.29 is 18.3 Å². The van der Waals surface area contributed by atoms with E-state index in [-0.39, 0.29) is 17.8 Å². The number of aliphatic hydroxyl groups is 1. The van der Waals surface area contributed by atoms with Crippen LogP contribution in [0.3, 0.4) is 0 Å². The molecule has 0 bridgehead atoms. The second-order valence-electron chi connectivity index (χ2n) is 9.97. The topological polar surface area (TPSA) is 20.2 Å². The van der Waals surface area contributed by atoms with Gasteiger partial charge in [-0.25, -0.2) is 0 Å². The fraction of sp³-hybridized carbons (Fsp3) is 0.905. The molecule has 0 spiro atoms. The molecule has 4 aliphatic rings. The summed E-state index contributed by atoms with van der Waals surface area (Å²) in [6.07, 6.45) is 4.06. The van der Waals surface area contributed by atoms with Gasteiger partial charge in [-0.2, -0.15) is 13.2 Å². The zero-order valence-electron chi connectivity index (χ0n) is 15.6. The van der Waals surface area contributed by atoms with Crippen molar-refractivity contribution >= 4 is 0 Å². The highest BCUT2D eigenvalue weighted by Gasteiger charge is 2.72. The van der Waals surface area contributed by atoms with Gasteiger partial charge < -0.3 is 5.11 Å². The summed E-state index contributed by atoms with van der Waals surface area (Å²) in [7, 11) is 0. The Hall–Kier alpha value is -0.510. The van der Waals surface area contributed by atoms with Crippen molar-refractivity contribution in [2.24, 2.45) is 34.5 Å². The van der Waals surface area contributed by atoms with Crippen LogP contribution in [0.2, 0.25) is 0 Å². The molecule has 4 rings (SSSR count). The molecule has 0 aromatic heterocycles. The Morgan fingerprint density at radius 2 is 1.72 bits per heavy atom. The first-order valence-electron chi connectivity index (χ1n) is 9.98. The summed E-state index contributed by atoms with van der Waals surface area (Å²) in [5.74, 6) is 1.57. The van der Waals surface area contributed by atoms with Gasteiger partial charge >= 0.3 is 6.18 Å². The molecule has 0 amide bonds. The standard InChI is InChI=1S/C21H31F3O/c1-13-4-5-14-6-7-15-16(18(14,2)12-13)8-10-19(3)17(15)9-11-20(19,25)21(22,23)24/h4,14-17,25H,5-12H2,1-3H3/t14-,15-,16+,17+,18+,19+,20+/m1/s1. The van der Waals surface area contributed by atoms with Crippen LogP contribution in [0.1, 0.15) is 72.1 Å². The predicted octanol–water partition coefficient (Wildman–Crippen LogP) is 5.88. The van der Waals surface area contributed by atoms with Gasteiger partial charge in [-0.1, -0.05) is 25.5 Å². The fourth-order valence-corrected chi connectivity index (χ4v) is 7.70. The Morgan fingerprint density at radius 1 is 1.04 bits per heavy atom. The molecule has 4 aliphatic carbocycles. The van der Waals surface area contributed by atoms with Gasteiger partial charge in [-0.3, -0.25) is 0 Å². The Bertz CT molecular complexity index is 596. The van der Waals surface area contributed by atoms with E-state index in [1.54, 1.807) is 6.92 Å². The van der Waals surface area contributed by atoms with Gasteiger partial charge in [-0.05, 0) is 87.4 Å². The third-order valence-electron chi connectivity index (χ3n) is 9.10. The molecule has 25 heavy (non-hydrogen) atoms. The predicted molar refractivity (Wildman–Crippen MR) is 91.9 cm³/mol. The zero-order valence-corrected chi connectivity index (χ0v) is 15.6. The highest BCUT2D eigenvalue weighted by atomic mass is 19.4. The second kappa shape index (κ2) is 5.27. The van der Waals surface area contributed by atoms with Crippen LogP contribution in [0.4, 0.5) is 13.2 Å². The van der Waals surface area contributed by atoms with Gasteiger partial charge in [0.25, 0.3) is 0 Å².